The molecular weight excluding hydrogens is 422 g/mol. The van der Waals surface area contributed by atoms with E-state index in [2.05, 4.69) is 24.5 Å². The van der Waals surface area contributed by atoms with Gasteiger partial charge in [-0.3, -0.25) is 19.8 Å². The molecule has 2 unspecified atom stereocenters. The lowest BCUT2D eigenvalue weighted by atomic mass is 9.73. The number of benzene rings is 1. The maximum atomic E-state index is 13.1. The van der Waals surface area contributed by atoms with Gasteiger partial charge in [-0.05, 0) is 43.6 Å². The number of amides is 3. The van der Waals surface area contributed by atoms with E-state index in [1.807, 2.05) is 0 Å². The van der Waals surface area contributed by atoms with Crippen molar-refractivity contribution < 1.29 is 19.1 Å². The molecule has 5 N–H and O–H groups in total. The second-order valence-electron chi connectivity index (χ2n) is 9.75. The predicted octanol–water partition coefficient (Wildman–Crippen LogP) is 1.65. The molecule has 9 nitrogen and oxygen atoms in total. The highest BCUT2D eigenvalue weighted by molar-refractivity contribution is 6.44. The highest BCUT2D eigenvalue weighted by atomic mass is 16.5. The lowest BCUT2D eigenvalue weighted by Crippen LogP contribution is -2.52. The van der Waals surface area contributed by atoms with Gasteiger partial charge in [0.1, 0.15) is 11.8 Å². The lowest BCUT2D eigenvalue weighted by Gasteiger charge is -2.40. The molecule has 1 aromatic carbocycles. The van der Waals surface area contributed by atoms with Gasteiger partial charge in [-0.25, -0.2) is 0 Å². The molecule has 3 rings (SSSR count). The molecule has 9 heteroatoms. The van der Waals surface area contributed by atoms with Gasteiger partial charge in [0.2, 0.25) is 11.8 Å². The fraction of sp³-hybridized carbons (Fsp3) is 0.583. The number of nitrogens with one attached hydrogen (secondary N) is 3. The molecule has 2 aliphatic rings. The van der Waals surface area contributed by atoms with E-state index in [1.54, 1.807) is 36.3 Å². The average Bonchev–Trinajstić information content (AvgIpc) is 3.26. The monoisotopic (exact) mass is 457 g/mol. The Bertz CT molecular complexity index is 916. The number of nitrogens with zero attached hydrogens (tertiary/aromatic N) is 1. The van der Waals surface area contributed by atoms with E-state index in [0.717, 1.165) is 25.7 Å². The Morgan fingerprint density at radius 1 is 1.24 bits per heavy atom. The normalized spacial score (nSPS) is 24.2. The Labute approximate surface area is 194 Å². The largest absolute Gasteiger partial charge is 0.381 e. The zero-order valence-corrected chi connectivity index (χ0v) is 19.6. The van der Waals surface area contributed by atoms with Crippen LogP contribution in [0.25, 0.3) is 0 Å². The Balaban J connectivity index is 1.61. The summed E-state index contributed by atoms with van der Waals surface area (Å²) in [5.74, 6) is -1.16. The summed E-state index contributed by atoms with van der Waals surface area (Å²) < 4.78 is 5.57. The fourth-order valence-electron chi connectivity index (χ4n) is 5.04. The van der Waals surface area contributed by atoms with Crippen LogP contribution in [0.3, 0.4) is 0 Å². The number of carbonyl (C=O) groups is 3. The summed E-state index contributed by atoms with van der Waals surface area (Å²) in [6.07, 6.45) is 4.13. The molecule has 1 aliphatic carbocycles. The van der Waals surface area contributed by atoms with Gasteiger partial charge in [0.25, 0.3) is 5.91 Å². The smallest absolute Gasteiger partial charge is 0.267 e. The number of para-hydroxylation sites is 1. The van der Waals surface area contributed by atoms with Crippen LogP contribution in [-0.2, 0) is 19.1 Å². The Morgan fingerprint density at radius 3 is 2.67 bits per heavy atom. The van der Waals surface area contributed by atoms with Gasteiger partial charge in [0, 0.05) is 30.9 Å². The van der Waals surface area contributed by atoms with E-state index in [-0.39, 0.29) is 41.6 Å². The first-order valence-corrected chi connectivity index (χ1v) is 11.5. The van der Waals surface area contributed by atoms with Crippen LogP contribution in [-0.4, -0.2) is 66.7 Å². The van der Waals surface area contributed by atoms with Crippen molar-refractivity contribution in [2.24, 2.45) is 11.1 Å². The molecule has 33 heavy (non-hydrogen) atoms. The third kappa shape index (κ3) is 6.10. The number of primary amides is 1. The molecule has 0 aromatic heterocycles. The first kappa shape index (κ1) is 24.7. The van der Waals surface area contributed by atoms with Gasteiger partial charge < -0.3 is 26.0 Å². The van der Waals surface area contributed by atoms with Crippen LogP contribution in [0, 0.1) is 10.8 Å². The second kappa shape index (κ2) is 10.3. The second-order valence-corrected chi connectivity index (χ2v) is 9.75. The molecule has 0 bridgehead atoms. The molecule has 180 valence electrons. The number of hydrogen-bond donors (Lipinski definition) is 4. The van der Waals surface area contributed by atoms with Crippen molar-refractivity contribution in [3.05, 3.63) is 29.8 Å². The summed E-state index contributed by atoms with van der Waals surface area (Å²) in [4.78, 5) is 39.1. The number of nitrogens with two attached hydrogens (primary N) is 1. The predicted molar refractivity (Wildman–Crippen MR) is 126 cm³/mol. The number of carbonyl (C=O) groups excluding carboxylic acids is 3. The van der Waals surface area contributed by atoms with Gasteiger partial charge in [-0.1, -0.05) is 32.0 Å². The van der Waals surface area contributed by atoms with Crippen LogP contribution in [0.1, 0.15) is 51.5 Å². The minimum absolute atomic E-state index is 0.0218. The third-order valence-electron chi connectivity index (χ3n) is 6.56. The molecule has 1 saturated heterocycles. The van der Waals surface area contributed by atoms with Crippen LogP contribution < -0.4 is 16.4 Å². The zero-order chi connectivity index (χ0) is 24.2. The van der Waals surface area contributed by atoms with E-state index in [9.17, 15) is 14.4 Å². The maximum Gasteiger partial charge on any atom is 0.267 e. The summed E-state index contributed by atoms with van der Waals surface area (Å²) in [7, 11) is 1.71. The van der Waals surface area contributed by atoms with Crippen LogP contribution in [0.2, 0.25) is 0 Å². The number of methoxy groups -OCH3 is 1. The third-order valence-corrected chi connectivity index (χ3v) is 6.56. The first-order valence-electron chi connectivity index (χ1n) is 11.5. The molecule has 1 saturated carbocycles. The highest BCUT2D eigenvalue weighted by Gasteiger charge is 2.38. The van der Waals surface area contributed by atoms with Crippen molar-refractivity contribution >= 4 is 29.1 Å². The molecule has 3 atom stereocenters. The molecule has 3 amide bonds. The number of ether oxygens (including phenoxy) is 1. The van der Waals surface area contributed by atoms with E-state index in [0.29, 0.717) is 24.2 Å². The van der Waals surface area contributed by atoms with Crippen molar-refractivity contribution in [1.82, 2.24) is 10.2 Å². The number of hydrogen-bond acceptors (Lipinski definition) is 6. The minimum Gasteiger partial charge on any atom is -0.381 e. The topological polar surface area (TPSA) is 138 Å². The van der Waals surface area contributed by atoms with E-state index in [4.69, 9.17) is 15.9 Å². The van der Waals surface area contributed by atoms with Crippen LogP contribution in [0.15, 0.2) is 24.3 Å². The van der Waals surface area contributed by atoms with Crippen molar-refractivity contribution in [3.63, 3.8) is 0 Å². The summed E-state index contributed by atoms with van der Waals surface area (Å²) in [5.41, 5.74) is 5.80. The van der Waals surface area contributed by atoms with Crippen LogP contribution in [0.4, 0.5) is 5.69 Å². The Morgan fingerprint density at radius 2 is 1.97 bits per heavy atom. The molecule has 0 spiro atoms. The molecule has 1 aliphatic heterocycles. The van der Waals surface area contributed by atoms with Gasteiger partial charge >= 0.3 is 0 Å². The number of likely N-dealkylation sites (tertiary alicyclic amines) is 1. The number of anilines is 1. The van der Waals surface area contributed by atoms with E-state index >= 15 is 0 Å². The van der Waals surface area contributed by atoms with Crippen LogP contribution in [0.5, 0.6) is 0 Å². The highest BCUT2D eigenvalue weighted by Crippen LogP contribution is 2.36. The molecule has 2 fully saturated rings. The molecular formula is C24H35N5O4. The SMILES string of the molecule is COC1CC(NC(=O)[C@@H]2CCCN2C(=O)CNc2ccccc2C(=N)C(N)=O)CC(C)(C)C1. The van der Waals surface area contributed by atoms with Gasteiger partial charge in [0.05, 0.1) is 12.6 Å². The summed E-state index contributed by atoms with van der Waals surface area (Å²) in [6, 6.07) is 6.26. The van der Waals surface area contributed by atoms with Crippen molar-refractivity contribution in [2.75, 3.05) is 25.5 Å². The quantitative estimate of drug-likeness (QED) is 0.440. The zero-order valence-electron chi connectivity index (χ0n) is 19.6. The Hall–Kier alpha value is -2.94. The lowest BCUT2D eigenvalue weighted by molar-refractivity contribution is -0.137. The number of rotatable bonds is 8. The molecule has 1 heterocycles. The van der Waals surface area contributed by atoms with Crippen LogP contribution >= 0.6 is 0 Å². The Kier molecular flexibility index (Phi) is 7.73. The van der Waals surface area contributed by atoms with E-state index in [1.165, 1.54) is 0 Å². The summed E-state index contributed by atoms with van der Waals surface area (Å²) in [5, 5.41) is 14.0. The van der Waals surface area contributed by atoms with Gasteiger partial charge in [-0.2, -0.15) is 0 Å². The van der Waals surface area contributed by atoms with Crippen molar-refractivity contribution in [3.8, 4) is 0 Å². The standard InChI is InChI=1S/C24H35N5O4/c1-24(2)12-15(11-16(13-24)33-3)28-23(32)19-9-6-10-29(19)20(30)14-27-18-8-5-4-7-17(18)21(25)22(26)31/h4-5,7-8,15-16,19,25,27H,6,9-14H2,1-3H3,(H2,26,31)(H,28,32)/t15?,16?,19-/m0/s1. The van der Waals surface area contributed by atoms with Crippen molar-refractivity contribution in [1.29, 1.82) is 5.41 Å². The maximum absolute atomic E-state index is 13.1. The minimum atomic E-state index is -0.839. The summed E-state index contributed by atoms with van der Waals surface area (Å²) in [6.45, 7) is 4.84. The fourth-order valence-corrected chi connectivity index (χ4v) is 5.04. The molecule has 0 radical (unpaired) electrons. The summed E-state index contributed by atoms with van der Waals surface area (Å²) >= 11 is 0. The first-order chi connectivity index (χ1) is 15.6. The van der Waals surface area contributed by atoms with Gasteiger partial charge in [0.15, 0.2) is 0 Å². The van der Waals surface area contributed by atoms with Crippen molar-refractivity contribution in [2.45, 2.75) is 64.1 Å². The van der Waals surface area contributed by atoms with E-state index < -0.39 is 11.9 Å². The van der Waals surface area contributed by atoms with Gasteiger partial charge in [-0.15, -0.1) is 0 Å². The average molecular weight is 458 g/mol. The molecule has 1 aromatic rings.